The van der Waals surface area contributed by atoms with Crippen molar-refractivity contribution < 1.29 is 4.79 Å². The van der Waals surface area contributed by atoms with Crippen molar-refractivity contribution in [2.24, 2.45) is 9.98 Å². The molecule has 0 saturated carbocycles. The normalized spacial score (nSPS) is 17.8. The van der Waals surface area contributed by atoms with Crippen molar-refractivity contribution in [3.8, 4) is 11.8 Å². The van der Waals surface area contributed by atoms with Gasteiger partial charge in [0.1, 0.15) is 5.54 Å². The van der Waals surface area contributed by atoms with Crippen LogP contribution < -0.4 is 5.32 Å². The molecule has 0 radical (unpaired) electrons. The zero-order chi connectivity index (χ0) is 21.4. The molecule has 1 aliphatic heterocycles. The molecule has 0 saturated heterocycles. The van der Waals surface area contributed by atoms with Crippen LogP contribution in [-0.4, -0.2) is 24.4 Å². The molecule has 1 heterocycles. The van der Waals surface area contributed by atoms with Crippen LogP contribution in [0, 0.1) is 11.8 Å². The minimum Gasteiger partial charge on any atom is -0.347 e. The minimum atomic E-state index is -0.481. The third-order valence-corrected chi connectivity index (χ3v) is 4.74. The van der Waals surface area contributed by atoms with E-state index < -0.39 is 5.54 Å². The van der Waals surface area contributed by atoms with Crippen molar-refractivity contribution in [3.63, 3.8) is 0 Å². The molecule has 30 heavy (non-hydrogen) atoms. The SMILES string of the molecule is C/C=C\N=C(C)CNC(=O)c1ccc(C2(C)C=CC=N2)c(C#Cc2ccccc2)c1. The van der Waals surface area contributed by atoms with Gasteiger partial charge in [-0.2, -0.15) is 0 Å². The van der Waals surface area contributed by atoms with E-state index in [1.165, 1.54) is 0 Å². The van der Waals surface area contributed by atoms with Crippen molar-refractivity contribution in [2.45, 2.75) is 26.3 Å². The Morgan fingerprint density at radius 3 is 2.70 bits per heavy atom. The van der Waals surface area contributed by atoms with E-state index in [4.69, 9.17) is 0 Å². The lowest BCUT2D eigenvalue weighted by Gasteiger charge is -2.21. The molecule has 1 atom stereocenters. The molecule has 0 aliphatic carbocycles. The lowest BCUT2D eigenvalue weighted by Crippen LogP contribution is -2.28. The Bertz CT molecular complexity index is 1080. The quantitative estimate of drug-likeness (QED) is 0.581. The summed E-state index contributed by atoms with van der Waals surface area (Å²) in [5.74, 6) is 6.29. The Labute approximate surface area is 178 Å². The monoisotopic (exact) mass is 395 g/mol. The second kappa shape index (κ2) is 9.67. The van der Waals surface area contributed by atoms with E-state index in [9.17, 15) is 4.79 Å². The number of hydrogen-bond acceptors (Lipinski definition) is 3. The zero-order valence-electron chi connectivity index (χ0n) is 17.5. The summed E-state index contributed by atoms with van der Waals surface area (Å²) in [6, 6.07) is 15.4. The van der Waals surface area contributed by atoms with E-state index in [1.807, 2.05) is 87.5 Å². The fourth-order valence-electron chi connectivity index (χ4n) is 3.08. The van der Waals surface area contributed by atoms with Crippen molar-refractivity contribution in [1.82, 2.24) is 5.32 Å². The first-order valence-corrected chi connectivity index (χ1v) is 9.89. The number of rotatable bonds is 5. The van der Waals surface area contributed by atoms with Crippen LogP contribution in [0.4, 0.5) is 0 Å². The summed E-state index contributed by atoms with van der Waals surface area (Å²) < 4.78 is 0. The fraction of sp³-hybridized carbons (Fsp3) is 0.192. The maximum absolute atomic E-state index is 12.7. The van der Waals surface area contributed by atoms with Gasteiger partial charge in [0.2, 0.25) is 0 Å². The number of allylic oxidation sites excluding steroid dienone is 2. The van der Waals surface area contributed by atoms with Gasteiger partial charge in [0.05, 0.1) is 6.54 Å². The second-order valence-corrected chi connectivity index (χ2v) is 7.19. The van der Waals surface area contributed by atoms with Crippen LogP contribution in [-0.2, 0) is 5.54 Å². The van der Waals surface area contributed by atoms with E-state index in [1.54, 1.807) is 12.4 Å². The van der Waals surface area contributed by atoms with E-state index >= 15 is 0 Å². The number of benzene rings is 2. The third kappa shape index (κ3) is 5.21. The summed E-state index contributed by atoms with van der Waals surface area (Å²) in [6.45, 7) is 6.21. The topological polar surface area (TPSA) is 53.8 Å². The number of aliphatic imine (C=N–C) groups is 2. The highest BCUT2D eigenvalue weighted by Crippen LogP contribution is 2.32. The summed E-state index contributed by atoms with van der Waals surface area (Å²) in [4.78, 5) is 21.5. The van der Waals surface area contributed by atoms with E-state index in [-0.39, 0.29) is 5.91 Å². The molecule has 150 valence electrons. The predicted molar refractivity (Wildman–Crippen MR) is 124 cm³/mol. The number of carbonyl (C=O) groups excluding carboxylic acids is 1. The molecule has 0 aromatic heterocycles. The minimum absolute atomic E-state index is 0.157. The number of hydrogen-bond donors (Lipinski definition) is 1. The molecule has 2 aromatic carbocycles. The molecule has 1 N–H and O–H groups in total. The molecule has 1 amide bonds. The molecule has 0 fully saturated rings. The molecule has 1 unspecified atom stereocenters. The molecule has 0 bridgehead atoms. The molecule has 4 nitrogen and oxygen atoms in total. The van der Waals surface area contributed by atoms with Crippen molar-refractivity contribution >= 4 is 17.8 Å². The van der Waals surface area contributed by atoms with Crippen LogP contribution in [0.1, 0.15) is 47.8 Å². The average Bonchev–Trinajstić information content (AvgIpc) is 3.22. The Kier molecular flexibility index (Phi) is 6.77. The van der Waals surface area contributed by atoms with Gasteiger partial charge in [-0.25, -0.2) is 0 Å². The molecule has 4 heteroatoms. The maximum Gasteiger partial charge on any atom is 0.251 e. The van der Waals surface area contributed by atoms with Gasteiger partial charge >= 0.3 is 0 Å². The van der Waals surface area contributed by atoms with Gasteiger partial charge in [-0.1, -0.05) is 48.3 Å². The van der Waals surface area contributed by atoms with Gasteiger partial charge in [-0.05, 0) is 56.7 Å². The molecular formula is C26H25N3O. The molecule has 0 spiro atoms. The Balaban J connectivity index is 1.92. The van der Waals surface area contributed by atoms with Crippen LogP contribution in [0.5, 0.6) is 0 Å². The molecule has 1 aliphatic rings. The highest BCUT2D eigenvalue weighted by atomic mass is 16.1. The molecule has 3 rings (SSSR count). The van der Waals surface area contributed by atoms with Crippen molar-refractivity contribution in [3.05, 3.63) is 95.2 Å². The fourth-order valence-corrected chi connectivity index (χ4v) is 3.08. The Hall–Kier alpha value is -3.71. The lowest BCUT2D eigenvalue weighted by atomic mass is 9.88. The van der Waals surface area contributed by atoms with E-state index in [2.05, 4.69) is 27.1 Å². The highest BCUT2D eigenvalue weighted by Gasteiger charge is 2.27. The van der Waals surface area contributed by atoms with Crippen molar-refractivity contribution in [2.75, 3.05) is 6.54 Å². The second-order valence-electron chi connectivity index (χ2n) is 7.19. The van der Waals surface area contributed by atoms with E-state index in [0.29, 0.717) is 12.1 Å². The predicted octanol–water partition coefficient (Wildman–Crippen LogP) is 4.67. The van der Waals surface area contributed by atoms with Crippen LogP contribution in [0.3, 0.4) is 0 Å². The summed E-state index contributed by atoms with van der Waals surface area (Å²) >= 11 is 0. The first-order chi connectivity index (χ1) is 14.5. The van der Waals surface area contributed by atoms with Crippen LogP contribution in [0.25, 0.3) is 0 Å². The maximum atomic E-state index is 12.7. The molecular weight excluding hydrogens is 370 g/mol. The molecule has 2 aromatic rings. The zero-order valence-corrected chi connectivity index (χ0v) is 17.5. The smallest absolute Gasteiger partial charge is 0.251 e. The summed E-state index contributed by atoms with van der Waals surface area (Å²) in [5.41, 5.74) is 3.59. The summed E-state index contributed by atoms with van der Waals surface area (Å²) in [7, 11) is 0. The number of nitrogens with zero attached hydrogens (tertiary/aromatic N) is 2. The van der Waals surface area contributed by atoms with Gasteiger partial charge in [0.15, 0.2) is 0 Å². The van der Waals surface area contributed by atoms with Crippen LogP contribution >= 0.6 is 0 Å². The van der Waals surface area contributed by atoms with Crippen molar-refractivity contribution in [1.29, 1.82) is 0 Å². The number of nitrogens with one attached hydrogen (secondary N) is 1. The highest BCUT2D eigenvalue weighted by molar-refractivity contribution is 5.97. The van der Waals surface area contributed by atoms with Gasteiger partial charge in [-0.15, -0.1) is 0 Å². The van der Waals surface area contributed by atoms with Gasteiger partial charge < -0.3 is 5.32 Å². The lowest BCUT2D eigenvalue weighted by molar-refractivity contribution is 0.0959. The third-order valence-electron chi connectivity index (χ3n) is 4.74. The largest absolute Gasteiger partial charge is 0.347 e. The number of amides is 1. The first kappa shape index (κ1) is 21.0. The van der Waals surface area contributed by atoms with E-state index in [0.717, 1.165) is 22.4 Å². The first-order valence-electron chi connectivity index (χ1n) is 9.89. The van der Waals surface area contributed by atoms with Gasteiger partial charge in [0.25, 0.3) is 5.91 Å². The average molecular weight is 396 g/mol. The summed E-state index contributed by atoms with van der Waals surface area (Å²) in [5, 5.41) is 2.91. The Morgan fingerprint density at radius 1 is 1.20 bits per heavy atom. The van der Waals surface area contributed by atoms with Gasteiger partial charge in [0, 0.05) is 34.8 Å². The van der Waals surface area contributed by atoms with Gasteiger partial charge in [-0.3, -0.25) is 14.8 Å². The van der Waals surface area contributed by atoms with Crippen LogP contribution in [0.15, 0.2) is 82.9 Å². The number of carbonyl (C=O) groups is 1. The Morgan fingerprint density at radius 2 is 2.00 bits per heavy atom. The van der Waals surface area contributed by atoms with Crippen LogP contribution in [0.2, 0.25) is 0 Å². The standard InChI is InChI=1S/C26H25N3O/c1-4-16-27-20(2)19-28-25(30)23-13-14-24(26(3)15-8-17-29-26)22(18-23)12-11-21-9-6-5-7-10-21/h4-10,13-18H,19H2,1-3H3,(H,28,30)/b16-4-,27-20?. The summed E-state index contributed by atoms with van der Waals surface area (Å²) in [6.07, 6.45) is 9.33.